The van der Waals surface area contributed by atoms with Crippen molar-refractivity contribution in [1.82, 2.24) is 0 Å². The van der Waals surface area contributed by atoms with Gasteiger partial charge in [0.2, 0.25) is 0 Å². The van der Waals surface area contributed by atoms with E-state index < -0.39 is 0 Å². The fraction of sp³-hybridized carbons (Fsp3) is 0.684. The van der Waals surface area contributed by atoms with Crippen LogP contribution in [0.2, 0.25) is 0 Å². The molecule has 1 rings (SSSR count). The maximum atomic E-state index is 9.49. The molecule has 0 aliphatic rings. The van der Waals surface area contributed by atoms with Crippen molar-refractivity contribution in [2.75, 3.05) is 6.61 Å². The smallest absolute Gasteiger partial charge is 0.0462 e. The van der Waals surface area contributed by atoms with Crippen LogP contribution < -0.4 is 0 Å². The summed E-state index contributed by atoms with van der Waals surface area (Å²) in [5.41, 5.74) is 1.35. The van der Waals surface area contributed by atoms with Gasteiger partial charge in [0.05, 0.1) is 0 Å². The number of unbranched alkanes of at least 4 members (excludes halogenated alkanes) is 7. The van der Waals surface area contributed by atoms with Gasteiger partial charge in [0.25, 0.3) is 0 Å². The number of aliphatic hydroxyl groups is 1. The van der Waals surface area contributed by atoms with Crippen LogP contribution >= 0.6 is 0 Å². The van der Waals surface area contributed by atoms with Crippen molar-refractivity contribution in [3.05, 3.63) is 35.9 Å². The Morgan fingerprint density at radius 1 is 0.850 bits per heavy atom. The van der Waals surface area contributed by atoms with Crippen molar-refractivity contribution >= 4 is 0 Å². The Bertz CT molecular complexity index is 307. The molecule has 0 radical (unpaired) electrons. The van der Waals surface area contributed by atoms with Gasteiger partial charge in [0, 0.05) is 6.61 Å². The predicted molar refractivity (Wildman–Crippen MR) is 87.9 cm³/mol. The molecular weight excluding hydrogens is 244 g/mol. The van der Waals surface area contributed by atoms with Gasteiger partial charge >= 0.3 is 0 Å². The molecule has 0 bridgehead atoms. The second kappa shape index (κ2) is 12.0. The molecule has 0 aromatic heterocycles. The van der Waals surface area contributed by atoms with Crippen LogP contribution in [0.1, 0.15) is 70.3 Å². The molecule has 0 aliphatic heterocycles. The topological polar surface area (TPSA) is 20.2 Å². The summed E-state index contributed by atoms with van der Waals surface area (Å²) in [6, 6.07) is 10.5. The minimum Gasteiger partial charge on any atom is -0.396 e. The normalized spacial score (nSPS) is 12.5. The lowest BCUT2D eigenvalue weighted by atomic mass is 9.94. The van der Waals surface area contributed by atoms with Gasteiger partial charge in [0.1, 0.15) is 0 Å². The van der Waals surface area contributed by atoms with Gasteiger partial charge in [0.15, 0.2) is 0 Å². The first kappa shape index (κ1) is 17.2. The maximum absolute atomic E-state index is 9.49. The third-order valence-electron chi connectivity index (χ3n) is 4.09. The van der Waals surface area contributed by atoms with Crippen LogP contribution in [-0.4, -0.2) is 11.7 Å². The van der Waals surface area contributed by atoms with Crippen LogP contribution in [0.25, 0.3) is 0 Å². The van der Waals surface area contributed by atoms with Crippen LogP contribution in [0.3, 0.4) is 0 Å². The monoisotopic (exact) mass is 276 g/mol. The molecule has 0 heterocycles. The summed E-state index contributed by atoms with van der Waals surface area (Å²) < 4.78 is 0. The average molecular weight is 276 g/mol. The predicted octanol–water partition coefficient (Wildman–Crippen LogP) is 5.37. The fourth-order valence-electron chi connectivity index (χ4n) is 2.77. The number of benzene rings is 1. The fourth-order valence-corrected chi connectivity index (χ4v) is 2.77. The summed E-state index contributed by atoms with van der Waals surface area (Å²) >= 11 is 0. The molecule has 114 valence electrons. The summed E-state index contributed by atoms with van der Waals surface area (Å²) in [5.74, 6) is 0.442. The molecule has 0 spiro atoms. The molecule has 20 heavy (non-hydrogen) atoms. The molecule has 1 atom stereocenters. The van der Waals surface area contributed by atoms with Crippen LogP contribution in [0.5, 0.6) is 0 Å². The van der Waals surface area contributed by atoms with Crippen molar-refractivity contribution in [3.8, 4) is 0 Å². The summed E-state index contributed by atoms with van der Waals surface area (Å²) in [5, 5.41) is 9.49. The number of aliphatic hydroxyl groups excluding tert-OH is 1. The van der Waals surface area contributed by atoms with Crippen LogP contribution in [-0.2, 0) is 6.42 Å². The highest BCUT2D eigenvalue weighted by Gasteiger charge is 2.08. The maximum Gasteiger partial charge on any atom is 0.0462 e. The molecule has 0 amide bonds. The zero-order chi connectivity index (χ0) is 14.5. The van der Waals surface area contributed by atoms with Crippen LogP contribution in [0.15, 0.2) is 30.3 Å². The highest BCUT2D eigenvalue weighted by molar-refractivity contribution is 5.15. The van der Waals surface area contributed by atoms with E-state index in [4.69, 9.17) is 0 Å². The van der Waals surface area contributed by atoms with Gasteiger partial charge in [-0.15, -0.1) is 0 Å². The van der Waals surface area contributed by atoms with E-state index in [0.29, 0.717) is 12.5 Å². The highest BCUT2D eigenvalue weighted by atomic mass is 16.3. The lowest BCUT2D eigenvalue weighted by molar-refractivity contribution is 0.214. The van der Waals surface area contributed by atoms with Crippen molar-refractivity contribution in [3.63, 3.8) is 0 Å². The number of rotatable bonds is 12. The quantitative estimate of drug-likeness (QED) is 0.509. The van der Waals surface area contributed by atoms with Gasteiger partial charge < -0.3 is 5.11 Å². The Morgan fingerprint density at radius 3 is 2.05 bits per heavy atom. The Kier molecular flexibility index (Phi) is 10.3. The third-order valence-corrected chi connectivity index (χ3v) is 4.09. The average Bonchev–Trinajstić information content (AvgIpc) is 2.49. The molecule has 0 aliphatic carbocycles. The molecule has 0 saturated carbocycles. The molecule has 1 unspecified atom stereocenters. The second-order valence-corrected chi connectivity index (χ2v) is 6.00. The van der Waals surface area contributed by atoms with E-state index in [-0.39, 0.29) is 0 Å². The number of hydrogen-bond acceptors (Lipinski definition) is 1. The van der Waals surface area contributed by atoms with E-state index in [1.54, 1.807) is 0 Å². The Balaban J connectivity index is 2.04. The first-order valence-electron chi connectivity index (χ1n) is 8.51. The summed E-state index contributed by atoms with van der Waals surface area (Å²) in [6.07, 6.45) is 13.1. The van der Waals surface area contributed by atoms with Crippen molar-refractivity contribution in [2.45, 2.75) is 71.1 Å². The van der Waals surface area contributed by atoms with Crippen molar-refractivity contribution in [1.29, 1.82) is 0 Å². The van der Waals surface area contributed by atoms with E-state index in [2.05, 4.69) is 37.3 Å². The van der Waals surface area contributed by atoms with Gasteiger partial charge in [-0.05, 0) is 24.3 Å². The molecule has 1 nitrogen and oxygen atoms in total. The molecular formula is C19H32O. The van der Waals surface area contributed by atoms with Gasteiger partial charge in [-0.1, -0.05) is 88.6 Å². The van der Waals surface area contributed by atoms with Crippen LogP contribution in [0, 0.1) is 5.92 Å². The zero-order valence-electron chi connectivity index (χ0n) is 13.2. The lowest BCUT2D eigenvalue weighted by Crippen LogP contribution is -2.09. The first-order chi connectivity index (χ1) is 9.86. The van der Waals surface area contributed by atoms with E-state index in [0.717, 1.165) is 6.42 Å². The standard InChI is InChI=1S/C19H32O/c1-2-3-4-5-6-7-8-10-15-19(17-20)16-18-13-11-9-12-14-18/h9,11-14,19-20H,2-8,10,15-17H2,1H3. The van der Waals surface area contributed by atoms with E-state index in [9.17, 15) is 5.11 Å². The first-order valence-corrected chi connectivity index (χ1v) is 8.51. The Labute approximate surface area is 125 Å². The zero-order valence-corrected chi connectivity index (χ0v) is 13.2. The second-order valence-electron chi connectivity index (χ2n) is 6.00. The SMILES string of the molecule is CCCCCCCCCCC(CO)Cc1ccccc1. The summed E-state index contributed by atoms with van der Waals surface area (Å²) in [7, 11) is 0. The van der Waals surface area contributed by atoms with Crippen molar-refractivity contribution in [2.24, 2.45) is 5.92 Å². The van der Waals surface area contributed by atoms with E-state index in [1.807, 2.05) is 0 Å². The van der Waals surface area contributed by atoms with Crippen LogP contribution in [0.4, 0.5) is 0 Å². The van der Waals surface area contributed by atoms with E-state index >= 15 is 0 Å². The van der Waals surface area contributed by atoms with E-state index in [1.165, 1.54) is 63.4 Å². The molecule has 1 N–H and O–H groups in total. The molecule has 1 heteroatoms. The molecule has 1 aromatic carbocycles. The third kappa shape index (κ3) is 8.37. The van der Waals surface area contributed by atoms with Gasteiger partial charge in [-0.25, -0.2) is 0 Å². The minimum atomic E-state index is 0.325. The minimum absolute atomic E-state index is 0.325. The highest BCUT2D eigenvalue weighted by Crippen LogP contribution is 2.17. The number of hydrogen-bond donors (Lipinski definition) is 1. The molecule has 0 fully saturated rings. The largest absolute Gasteiger partial charge is 0.396 e. The molecule has 0 saturated heterocycles. The summed E-state index contributed by atoms with van der Waals surface area (Å²) in [4.78, 5) is 0. The molecule has 1 aromatic rings. The summed E-state index contributed by atoms with van der Waals surface area (Å²) in [6.45, 7) is 2.59. The Hall–Kier alpha value is -0.820. The van der Waals surface area contributed by atoms with Gasteiger partial charge in [-0.3, -0.25) is 0 Å². The lowest BCUT2D eigenvalue weighted by Gasteiger charge is -2.14. The van der Waals surface area contributed by atoms with Crippen molar-refractivity contribution < 1.29 is 5.11 Å². The van der Waals surface area contributed by atoms with Gasteiger partial charge in [-0.2, -0.15) is 0 Å². The Morgan fingerprint density at radius 2 is 1.45 bits per heavy atom.